The minimum absolute atomic E-state index is 0.228. The van der Waals surface area contributed by atoms with Crippen molar-refractivity contribution in [2.45, 2.75) is 44.4 Å². The van der Waals surface area contributed by atoms with Crippen LogP contribution < -0.4 is 5.73 Å². The van der Waals surface area contributed by atoms with Gasteiger partial charge in [0.1, 0.15) is 5.69 Å². The standard InChI is InChI=1S/C35H34N2O2/c36-34(38)35(22-11-19-29(24-35)25-12-4-1-5-13-25)23-21-26-18-10-20-30(26)33-37-31(27-14-6-2-7-15-27)32(39-33)28-16-8-3-9-17-28/h1-9,11-17,19,22,26,30H,10,18,20-21,23-24H2,(H2,36,38). The van der Waals surface area contributed by atoms with E-state index >= 15 is 0 Å². The van der Waals surface area contributed by atoms with Crippen LogP contribution in [0.3, 0.4) is 0 Å². The molecule has 3 atom stereocenters. The van der Waals surface area contributed by atoms with E-state index in [9.17, 15) is 4.79 Å². The summed E-state index contributed by atoms with van der Waals surface area (Å²) in [4.78, 5) is 18.0. The van der Waals surface area contributed by atoms with E-state index in [-0.39, 0.29) is 11.8 Å². The van der Waals surface area contributed by atoms with Gasteiger partial charge in [0.2, 0.25) is 5.91 Å². The van der Waals surface area contributed by atoms with Crippen LogP contribution >= 0.6 is 0 Å². The molecule has 6 rings (SSSR count). The third-order valence-electron chi connectivity index (χ3n) is 8.52. The third kappa shape index (κ3) is 5.12. The van der Waals surface area contributed by atoms with Gasteiger partial charge in [0.05, 0.1) is 5.41 Å². The highest BCUT2D eigenvalue weighted by atomic mass is 16.4. The van der Waals surface area contributed by atoms with E-state index in [0.717, 1.165) is 71.7 Å². The molecule has 2 N–H and O–H groups in total. The normalized spacial score (nSPS) is 22.5. The lowest BCUT2D eigenvalue weighted by Gasteiger charge is -2.32. The number of hydrogen-bond acceptors (Lipinski definition) is 3. The van der Waals surface area contributed by atoms with Crippen molar-refractivity contribution in [3.63, 3.8) is 0 Å². The van der Waals surface area contributed by atoms with Crippen molar-refractivity contribution in [1.82, 2.24) is 4.98 Å². The molecule has 0 bridgehead atoms. The molecule has 1 saturated carbocycles. The number of allylic oxidation sites excluding steroid dienone is 3. The highest BCUT2D eigenvalue weighted by Gasteiger charge is 2.40. The monoisotopic (exact) mass is 514 g/mol. The Morgan fingerprint density at radius 3 is 2.18 bits per heavy atom. The highest BCUT2D eigenvalue weighted by Crippen LogP contribution is 2.48. The summed E-state index contributed by atoms with van der Waals surface area (Å²) in [5, 5.41) is 0. The number of nitrogens with zero attached hydrogens (tertiary/aromatic N) is 1. The van der Waals surface area contributed by atoms with Gasteiger partial charge in [0.25, 0.3) is 0 Å². The molecule has 0 radical (unpaired) electrons. The number of hydrogen-bond donors (Lipinski definition) is 1. The maximum absolute atomic E-state index is 12.9. The second-order valence-electron chi connectivity index (χ2n) is 10.9. The average Bonchev–Trinajstić information content (AvgIpc) is 3.65. The van der Waals surface area contributed by atoms with E-state index in [1.165, 1.54) is 0 Å². The number of oxazole rings is 1. The summed E-state index contributed by atoms with van der Waals surface area (Å²) in [7, 11) is 0. The molecule has 3 unspecified atom stereocenters. The molecule has 1 heterocycles. The van der Waals surface area contributed by atoms with Gasteiger partial charge in [0, 0.05) is 17.0 Å². The summed E-state index contributed by atoms with van der Waals surface area (Å²) in [6.07, 6.45) is 11.7. The Kier molecular flexibility index (Phi) is 7.02. The fourth-order valence-corrected chi connectivity index (χ4v) is 6.34. The number of amides is 1. The van der Waals surface area contributed by atoms with Crippen molar-refractivity contribution in [2.75, 3.05) is 0 Å². The number of carbonyl (C=O) groups is 1. The highest BCUT2D eigenvalue weighted by molar-refractivity contribution is 5.87. The molecule has 0 spiro atoms. The third-order valence-corrected chi connectivity index (χ3v) is 8.52. The van der Waals surface area contributed by atoms with Gasteiger partial charge in [-0.05, 0) is 49.2 Å². The van der Waals surface area contributed by atoms with Gasteiger partial charge >= 0.3 is 0 Å². The lowest BCUT2D eigenvalue weighted by Crippen LogP contribution is -2.37. The molecule has 1 amide bonds. The van der Waals surface area contributed by atoms with Crippen LogP contribution in [0.25, 0.3) is 28.2 Å². The number of nitrogens with two attached hydrogens (primary N) is 1. The Hall–Kier alpha value is -4.18. The minimum Gasteiger partial charge on any atom is -0.440 e. The zero-order valence-electron chi connectivity index (χ0n) is 22.1. The Morgan fingerprint density at radius 2 is 1.51 bits per heavy atom. The molecule has 39 heavy (non-hydrogen) atoms. The van der Waals surface area contributed by atoms with E-state index in [2.05, 4.69) is 42.5 Å². The van der Waals surface area contributed by atoms with Gasteiger partial charge in [-0.2, -0.15) is 0 Å². The second kappa shape index (κ2) is 10.9. The summed E-state index contributed by atoms with van der Waals surface area (Å²) in [5.41, 5.74) is 10.7. The summed E-state index contributed by atoms with van der Waals surface area (Å²) >= 11 is 0. The van der Waals surface area contributed by atoms with Crippen LogP contribution in [0.1, 0.15) is 55.9 Å². The molecule has 0 saturated heterocycles. The first-order valence-corrected chi connectivity index (χ1v) is 14.0. The Bertz CT molecular complexity index is 1430. The van der Waals surface area contributed by atoms with Gasteiger partial charge < -0.3 is 10.2 Å². The Labute approximate surface area is 230 Å². The van der Waals surface area contributed by atoms with E-state index in [4.69, 9.17) is 15.1 Å². The van der Waals surface area contributed by atoms with Crippen molar-refractivity contribution in [1.29, 1.82) is 0 Å². The molecule has 3 aromatic carbocycles. The van der Waals surface area contributed by atoms with E-state index in [0.29, 0.717) is 12.3 Å². The number of aromatic nitrogens is 1. The van der Waals surface area contributed by atoms with Crippen LogP contribution in [0.15, 0.2) is 114 Å². The molecule has 1 fully saturated rings. The second-order valence-corrected chi connectivity index (χ2v) is 10.9. The number of primary amides is 1. The summed E-state index contributed by atoms with van der Waals surface area (Å²) in [5.74, 6) is 2.01. The molecule has 4 heteroatoms. The summed E-state index contributed by atoms with van der Waals surface area (Å²) in [6.45, 7) is 0. The van der Waals surface area contributed by atoms with Crippen LogP contribution in [0.5, 0.6) is 0 Å². The first kappa shape index (κ1) is 25.1. The molecule has 4 nitrogen and oxygen atoms in total. The van der Waals surface area contributed by atoms with Gasteiger partial charge in [-0.1, -0.05) is 116 Å². The molecular formula is C35H34N2O2. The van der Waals surface area contributed by atoms with E-state index in [1.807, 2.05) is 66.7 Å². The largest absolute Gasteiger partial charge is 0.440 e. The zero-order chi connectivity index (χ0) is 26.7. The van der Waals surface area contributed by atoms with Crippen LogP contribution in [-0.4, -0.2) is 10.9 Å². The predicted octanol–water partition coefficient (Wildman–Crippen LogP) is 8.19. The molecule has 196 valence electrons. The van der Waals surface area contributed by atoms with Crippen LogP contribution in [-0.2, 0) is 4.79 Å². The summed E-state index contributed by atoms with van der Waals surface area (Å²) in [6, 6.07) is 30.8. The van der Waals surface area contributed by atoms with Crippen LogP contribution in [0.2, 0.25) is 0 Å². The van der Waals surface area contributed by atoms with Crippen LogP contribution in [0, 0.1) is 11.3 Å². The molecule has 1 aromatic heterocycles. The summed E-state index contributed by atoms with van der Waals surface area (Å²) < 4.78 is 6.58. The molecule has 2 aliphatic carbocycles. The lowest BCUT2D eigenvalue weighted by atomic mass is 9.71. The predicted molar refractivity (Wildman–Crippen MR) is 156 cm³/mol. The SMILES string of the molecule is NC(=O)C1(CCC2CCCC2c2nc(-c3ccccc3)c(-c3ccccc3)o2)C=CC=C(c2ccccc2)C1. The Morgan fingerprint density at radius 1 is 0.872 bits per heavy atom. The smallest absolute Gasteiger partial charge is 0.227 e. The van der Waals surface area contributed by atoms with Gasteiger partial charge in [-0.25, -0.2) is 4.98 Å². The van der Waals surface area contributed by atoms with Gasteiger partial charge in [-0.15, -0.1) is 0 Å². The van der Waals surface area contributed by atoms with Gasteiger partial charge in [-0.3, -0.25) is 4.79 Å². The fourth-order valence-electron chi connectivity index (χ4n) is 6.34. The van der Waals surface area contributed by atoms with Crippen molar-refractivity contribution in [3.05, 3.63) is 121 Å². The van der Waals surface area contributed by atoms with Crippen molar-refractivity contribution >= 4 is 11.5 Å². The van der Waals surface area contributed by atoms with Crippen molar-refractivity contribution in [3.8, 4) is 22.6 Å². The topological polar surface area (TPSA) is 69.1 Å². The van der Waals surface area contributed by atoms with E-state index < -0.39 is 5.41 Å². The minimum atomic E-state index is -0.673. The molecule has 4 aromatic rings. The lowest BCUT2D eigenvalue weighted by molar-refractivity contribution is -0.125. The van der Waals surface area contributed by atoms with Gasteiger partial charge in [0.15, 0.2) is 11.7 Å². The molecule has 2 aliphatic rings. The quantitative estimate of drug-likeness (QED) is 0.258. The first-order chi connectivity index (χ1) is 19.1. The average molecular weight is 515 g/mol. The van der Waals surface area contributed by atoms with E-state index in [1.54, 1.807) is 0 Å². The van der Waals surface area contributed by atoms with Crippen LogP contribution in [0.4, 0.5) is 0 Å². The van der Waals surface area contributed by atoms with Crippen molar-refractivity contribution in [2.24, 2.45) is 17.1 Å². The molecule has 0 aliphatic heterocycles. The Balaban J connectivity index is 1.26. The maximum Gasteiger partial charge on any atom is 0.227 e. The maximum atomic E-state index is 12.9. The molecular weight excluding hydrogens is 480 g/mol. The number of rotatable bonds is 8. The first-order valence-electron chi connectivity index (χ1n) is 14.0. The fraction of sp³-hybridized carbons (Fsp3) is 0.257. The van der Waals surface area contributed by atoms with Crippen molar-refractivity contribution < 1.29 is 9.21 Å². The number of carbonyl (C=O) groups excluding carboxylic acids is 1. The zero-order valence-corrected chi connectivity index (χ0v) is 22.1. The number of benzene rings is 3.